The Balaban J connectivity index is 1.78. The lowest BCUT2D eigenvalue weighted by molar-refractivity contribution is 0.272. The Morgan fingerprint density at radius 2 is 2.06 bits per heavy atom. The van der Waals surface area contributed by atoms with E-state index in [1.807, 2.05) is 10.6 Å². The van der Waals surface area contributed by atoms with Gasteiger partial charge in [-0.15, -0.1) is 21.8 Å². The van der Waals surface area contributed by atoms with Crippen molar-refractivity contribution >= 4 is 23.1 Å². The van der Waals surface area contributed by atoms with Crippen molar-refractivity contribution in [1.29, 1.82) is 0 Å². The van der Waals surface area contributed by atoms with E-state index in [9.17, 15) is 0 Å². The van der Waals surface area contributed by atoms with Crippen LogP contribution in [0.4, 0.5) is 5.82 Å². The SMILES string of the molecule is ClCCN1CCN(c2nccn3cnnc23)CC1. The molecule has 6 nitrogen and oxygen atoms in total. The highest BCUT2D eigenvalue weighted by atomic mass is 35.5. The summed E-state index contributed by atoms with van der Waals surface area (Å²) in [5, 5.41) is 8.04. The van der Waals surface area contributed by atoms with E-state index in [0.717, 1.165) is 44.2 Å². The van der Waals surface area contributed by atoms with Gasteiger partial charge >= 0.3 is 0 Å². The highest BCUT2D eigenvalue weighted by Gasteiger charge is 2.20. The molecule has 18 heavy (non-hydrogen) atoms. The zero-order chi connectivity index (χ0) is 12.4. The lowest BCUT2D eigenvalue weighted by atomic mass is 10.3. The van der Waals surface area contributed by atoms with Gasteiger partial charge in [-0.1, -0.05) is 0 Å². The van der Waals surface area contributed by atoms with Gasteiger partial charge in [0.2, 0.25) is 5.65 Å². The predicted molar refractivity (Wildman–Crippen MR) is 70.2 cm³/mol. The molecule has 3 heterocycles. The monoisotopic (exact) mass is 266 g/mol. The molecule has 0 atom stereocenters. The number of alkyl halides is 1. The highest BCUT2D eigenvalue weighted by molar-refractivity contribution is 6.18. The van der Waals surface area contributed by atoms with Crippen LogP contribution in [0.5, 0.6) is 0 Å². The molecule has 0 saturated carbocycles. The van der Waals surface area contributed by atoms with E-state index < -0.39 is 0 Å². The van der Waals surface area contributed by atoms with Crippen LogP contribution in [0.1, 0.15) is 0 Å². The van der Waals surface area contributed by atoms with Gasteiger partial charge in [-0.2, -0.15) is 0 Å². The molecule has 2 aromatic heterocycles. The molecule has 0 unspecified atom stereocenters. The molecular weight excluding hydrogens is 252 g/mol. The van der Waals surface area contributed by atoms with Gasteiger partial charge in [0.25, 0.3) is 0 Å². The third-order valence-electron chi connectivity index (χ3n) is 3.27. The second-order valence-electron chi connectivity index (χ2n) is 4.33. The third-order valence-corrected chi connectivity index (χ3v) is 3.44. The Labute approximate surface area is 110 Å². The van der Waals surface area contributed by atoms with Crippen molar-refractivity contribution in [2.24, 2.45) is 0 Å². The summed E-state index contributed by atoms with van der Waals surface area (Å²) in [6, 6.07) is 0. The fourth-order valence-corrected chi connectivity index (χ4v) is 2.51. The Morgan fingerprint density at radius 3 is 2.83 bits per heavy atom. The van der Waals surface area contributed by atoms with Crippen molar-refractivity contribution in [3.63, 3.8) is 0 Å². The van der Waals surface area contributed by atoms with Gasteiger partial charge in [-0.25, -0.2) is 4.98 Å². The minimum Gasteiger partial charge on any atom is -0.351 e. The fraction of sp³-hybridized carbons (Fsp3) is 0.545. The van der Waals surface area contributed by atoms with Gasteiger partial charge < -0.3 is 4.90 Å². The maximum absolute atomic E-state index is 5.76. The van der Waals surface area contributed by atoms with Gasteiger partial charge in [0.05, 0.1) is 0 Å². The second-order valence-corrected chi connectivity index (χ2v) is 4.71. The Bertz CT molecular complexity index is 519. The molecule has 1 saturated heterocycles. The number of hydrogen-bond acceptors (Lipinski definition) is 5. The summed E-state index contributed by atoms with van der Waals surface area (Å²) < 4.78 is 1.90. The Hall–Kier alpha value is -1.40. The van der Waals surface area contributed by atoms with Crippen molar-refractivity contribution in [2.45, 2.75) is 0 Å². The van der Waals surface area contributed by atoms with Crippen LogP contribution in [-0.4, -0.2) is 63.1 Å². The molecule has 0 aliphatic carbocycles. The van der Waals surface area contributed by atoms with Crippen LogP contribution in [0, 0.1) is 0 Å². The first-order valence-electron chi connectivity index (χ1n) is 6.06. The molecular formula is C11H15ClN6. The quantitative estimate of drug-likeness (QED) is 0.757. The number of hydrogen-bond donors (Lipinski definition) is 0. The van der Waals surface area contributed by atoms with Crippen molar-refractivity contribution in [1.82, 2.24) is 24.5 Å². The molecule has 96 valence electrons. The van der Waals surface area contributed by atoms with Crippen molar-refractivity contribution in [3.8, 4) is 0 Å². The maximum Gasteiger partial charge on any atom is 0.203 e. The summed E-state index contributed by atoms with van der Waals surface area (Å²) in [7, 11) is 0. The molecule has 0 N–H and O–H groups in total. The minimum atomic E-state index is 0.692. The number of nitrogens with zero attached hydrogens (tertiary/aromatic N) is 6. The van der Waals surface area contributed by atoms with Crippen LogP contribution in [-0.2, 0) is 0 Å². The molecule has 0 amide bonds. The molecule has 0 bridgehead atoms. The van der Waals surface area contributed by atoms with Crippen LogP contribution < -0.4 is 4.90 Å². The summed E-state index contributed by atoms with van der Waals surface area (Å²) in [5.41, 5.74) is 0.822. The van der Waals surface area contributed by atoms with E-state index in [0.29, 0.717) is 5.88 Å². The first-order chi connectivity index (χ1) is 8.88. The zero-order valence-corrected chi connectivity index (χ0v) is 10.8. The molecule has 3 rings (SSSR count). The number of anilines is 1. The Morgan fingerprint density at radius 1 is 1.22 bits per heavy atom. The minimum absolute atomic E-state index is 0.692. The topological polar surface area (TPSA) is 49.6 Å². The normalized spacial score (nSPS) is 17.5. The number of halogens is 1. The second kappa shape index (κ2) is 5.07. The fourth-order valence-electron chi connectivity index (χ4n) is 2.27. The average molecular weight is 267 g/mol. The largest absolute Gasteiger partial charge is 0.351 e. The number of piperazine rings is 1. The van der Waals surface area contributed by atoms with E-state index in [4.69, 9.17) is 11.6 Å². The number of rotatable bonds is 3. The lowest BCUT2D eigenvalue weighted by Crippen LogP contribution is -2.47. The summed E-state index contributed by atoms with van der Waals surface area (Å²) in [4.78, 5) is 9.06. The number of aromatic nitrogens is 4. The average Bonchev–Trinajstić information content (AvgIpc) is 2.88. The van der Waals surface area contributed by atoms with E-state index in [-0.39, 0.29) is 0 Å². The van der Waals surface area contributed by atoms with E-state index in [1.165, 1.54) is 0 Å². The Kier molecular flexibility index (Phi) is 3.29. The van der Waals surface area contributed by atoms with Crippen LogP contribution in [0.25, 0.3) is 5.65 Å². The summed E-state index contributed by atoms with van der Waals surface area (Å²) in [6.45, 7) is 4.90. The summed E-state index contributed by atoms with van der Waals surface area (Å²) in [6.07, 6.45) is 5.35. The molecule has 0 radical (unpaired) electrons. The van der Waals surface area contributed by atoms with Crippen LogP contribution in [0.15, 0.2) is 18.7 Å². The van der Waals surface area contributed by atoms with Crippen molar-refractivity contribution < 1.29 is 0 Å². The molecule has 1 aliphatic rings. The van der Waals surface area contributed by atoms with E-state index in [1.54, 1.807) is 12.5 Å². The van der Waals surface area contributed by atoms with Crippen molar-refractivity contribution in [3.05, 3.63) is 18.7 Å². The standard InChI is InChI=1S/C11H15ClN6/c12-1-3-16-5-7-17(8-6-16)10-11-15-14-9-18(11)4-2-13-10/h2,4,9H,1,3,5-8H2. The van der Waals surface area contributed by atoms with Gasteiger partial charge in [-0.05, 0) is 0 Å². The number of fused-ring (bicyclic) bond motifs is 1. The van der Waals surface area contributed by atoms with Gasteiger partial charge in [0.1, 0.15) is 6.33 Å². The molecule has 2 aromatic rings. The first-order valence-corrected chi connectivity index (χ1v) is 6.59. The van der Waals surface area contributed by atoms with Crippen LogP contribution >= 0.6 is 11.6 Å². The van der Waals surface area contributed by atoms with Crippen molar-refractivity contribution in [2.75, 3.05) is 43.5 Å². The van der Waals surface area contributed by atoms with E-state index >= 15 is 0 Å². The molecule has 0 spiro atoms. The summed E-state index contributed by atoms with van der Waals surface area (Å²) >= 11 is 5.76. The molecule has 7 heteroatoms. The van der Waals surface area contributed by atoms with Crippen LogP contribution in [0.3, 0.4) is 0 Å². The first kappa shape index (κ1) is 11.7. The smallest absolute Gasteiger partial charge is 0.203 e. The van der Waals surface area contributed by atoms with Gasteiger partial charge in [0, 0.05) is 51.0 Å². The lowest BCUT2D eigenvalue weighted by Gasteiger charge is -2.34. The van der Waals surface area contributed by atoms with Gasteiger partial charge in [0.15, 0.2) is 5.82 Å². The van der Waals surface area contributed by atoms with E-state index in [2.05, 4.69) is 25.0 Å². The predicted octanol–water partition coefficient (Wildman–Crippen LogP) is 0.485. The molecule has 0 aromatic carbocycles. The molecule has 1 aliphatic heterocycles. The van der Waals surface area contributed by atoms with Crippen LogP contribution in [0.2, 0.25) is 0 Å². The highest BCUT2D eigenvalue weighted by Crippen LogP contribution is 2.17. The summed E-state index contributed by atoms with van der Waals surface area (Å²) in [5.74, 6) is 1.61. The maximum atomic E-state index is 5.76. The van der Waals surface area contributed by atoms with Gasteiger partial charge in [-0.3, -0.25) is 9.30 Å². The third kappa shape index (κ3) is 2.13. The zero-order valence-electron chi connectivity index (χ0n) is 10.0. The molecule has 1 fully saturated rings.